The first-order valence-corrected chi connectivity index (χ1v) is 6.30. The fourth-order valence-corrected chi connectivity index (χ4v) is 1.87. The van der Waals surface area contributed by atoms with E-state index in [4.69, 9.17) is 27.3 Å². The lowest BCUT2D eigenvalue weighted by Crippen LogP contribution is -2.08. The Labute approximate surface area is 125 Å². The summed E-state index contributed by atoms with van der Waals surface area (Å²) in [6.07, 6.45) is 0. The molecule has 0 amide bonds. The van der Waals surface area contributed by atoms with E-state index in [0.717, 1.165) is 6.07 Å². The highest BCUT2D eigenvalue weighted by atomic mass is 35.5. The zero-order valence-electron chi connectivity index (χ0n) is 10.8. The molecule has 0 radical (unpaired) electrons. The molecule has 0 aliphatic carbocycles. The smallest absolute Gasteiger partial charge is 0.340 e. The first-order valence-electron chi connectivity index (χ1n) is 5.92. The molecule has 0 saturated carbocycles. The zero-order valence-corrected chi connectivity index (χ0v) is 11.5. The van der Waals surface area contributed by atoms with Gasteiger partial charge in [-0.1, -0.05) is 23.7 Å². The number of nitrogens with zero attached hydrogens (tertiary/aromatic N) is 1. The molecule has 0 aliphatic heterocycles. The molecule has 0 unspecified atom stereocenters. The second kappa shape index (κ2) is 6.25. The van der Waals surface area contributed by atoms with Crippen molar-refractivity contribution in [2.24, 2.45) is 0 Å². The van der Waals surface area contributed by atoms with E-state index < -0.39 is 11.8 Å². The Balaban J connectivity index is 2.11. The van der Waals surface area contributed by atoms with Crippen LogP contribution in [0.25, 0.3) is 0 Å². The number of rotatable bonds is 3. The van der Waals surface area contributed by atoms with E-state index in [1.807, 2.05) is 6.07 Å². The Morgan fingerprint density at radius 1 is 1.38 bits per heavy atom. The van der Waals surface area contributed by atoms with E-state index in [9.17, 15) is 9.18 Å². The standard InChI is InChI=1S/C15H10ClFN2O2/c16-14-11(2-1-3-13(14)19)15(20)21-8-10-5-4-9(7-18)6-12(10)17/h1-6H,8,19H2. The predicted molar refractivity (Wildman–Crippen MR) is 76.1 cm³/mol. The van der Waals surface area contributed by atoms with Gasteiger partial charge in [0.2, 0.25) is 0 Å². The van der Waals surface area contributed by atoms with Crippen LogP contribution >= 0.6 is 11.6 Å². The first-order chi connectivity index (χ1) is 10.0. The van der Waals surface area contributed by atoms with Crippen molar-refractivity contribution in [1.82, 2.24) is 0 Å². The van der Waals surface area contributed by atoms with E-state index in [-0.39, 0.29) is 34.0 Å². The SMILES string of the molecule is N#Cc1ccc(COC(=O)c2cccc(N)c2Cl)c(F)c1. The monoisotopic (exact) mass is 304 g/mol. The second-order valence-electron chi connectivity index (χ2n) is 4.20. The maximum Gasteiger partial charge on any atom is 0.340 e. The minimum atomic E-state index is -0.698. The number of halogens is 2. The summed E-state index contributed by atoms with van der Waals surface area (Å²) < 4.78 is 18.6. The topological polar surface area (TPSA) is 76.1 Å². The normalized spacial score (nSPS) is 9.95. The predicted octanol–water partition coefficient (Wildman–Crippen LogP) is 3.29. The molecule has 0 aliphatic rings. The van der Waals surface area contributed by atoms with Crippen LogP contribution in [-0.4, -0.2) is 5.97 Å². The number of benzene rings is 2. The van der Waals surface area contributed by atoms with Gasteiger partial charge in [0.1, 0.15) is 12.4 Å². The third-order valence-electron chi connectivity index (χ3n) is 2.79. The lowest BCUT2D eigenvalue weighted by Gasteiger charge is -2.08. The highest BCUT2D eigenvalue weighted by Crippen LogP contribution is 2.24. The average Bonchev–Trinajstić information content (AvgIpc) is 2.48. The van der Waals surface area contributed by atoms with Gasteiger partial charge in [-0.05, 0) is 24.3 Å². The van der Waals surface area contributed by atoms with Gasteiger partial charge in [-0.3, -0.25) is 0 Å². The molecular formula is C15H10ClFN2O2. The molecule has 0 fully saturated rings. The van der Waals surface area contributed by atoms with Gasteiger partial charge in [0.25, 0.3) is 0 Å². The summed E-state index contributed by atoms with van der Waals surface area (Å²) in [4.78, 5) is 11.9. The third-order valence-corrected chi connectivity index (χ3v) is 3.21. The van der Waals surface area contributed by atoms with E-state index in [1.165, 1.54) is 18.2 Å². The maximum atomic E-state index is 13.6. The van der Waals surface area contributed by atoms with Gasteiger partial charge in [-0.25, -0.2) is 9.18 Å². The van der Waals surface area contributed by atoms with Gasteiger partial charge in [0, 0.05) is 5.56 Å². The lowest BCUT2D eigenvalue weighted by molar-refractivity contribution is 0.0469. The molecule has 0 atom stereocenters. The summed E-state index contributed by atoms with van der Waals surface area (Å²) in [6.45, 7) is -0.262. The van der Waals surface area contributed by atoms with E-state index in [1.54, 1.807) is 12.1 Å². The van der Waals surface area contributed by atoms with Gasteiger partial charge in [-0.2, -0.15) is 5.26 Å². The summed E-state index contributed by atoms with van der Waals surface area (Å²) in [5, 5.41) is 8.75. The molecule has 0 heterocycles. The number of anilines is 1. The molecule has 2 rings (SSSR count). The Kier molecular flexibility index (Phi) is 4.41. The molecule has 0 bridgehead atoms. The summed E-state index contributed by atoms with van der Waals surface area (Å²) in [5.74, 6) is -1.31. The quantitative estimate of drug-likeness (QED) is 0.697. The fourth-order valence-electron chi connectivity index (χ4n) is 1.66. The summed E-state index contributed by atoms with van der Waals surface area (Å²) in [6, 6.07) is 10.3. The van der Waals surface area contributed by atoms with Crippen molar-refractivity contribution in [3.63, 3.8) is 0 Å². The molecule has 6 heteroatoms. The van der Waals surface area contributed by atoms with Gasteiger partial charge in [0.15, 0.2) is 0 Å². The molecule has 21 heavy (non-hydrogen) atoms. The van der Waals surface area contributed by atoms with Crippen LogP contribution in [0.5, 0.6) is 0 Å². The number of hydrogen-bond acceptors (Lipinski definition) is 4. The molecule has 0 aromatic heterocycles. The molecule has 4 nitrogen and oxygen atoms in total. The number of carbonyl (C=O) groups is 1. The molecule has 106 valence electrons. The first kappa shape index (κ1) is 14.8. The van der Waals surface area contributed by atoms with Crippen molar-refractivity contribution < 1.29 is 13.9 Å². The van der Waals surface area contributed by atoms with Crippen molar-refractivity contribution >= 4 is 23.3 Å². The number of hydrogen-bond donors (Lipinski definition) is 1. The average molecular weight is 305 g/mol. The number of carbonyl (C=O) groups excluding carboxylic acids is 1. The molecule has 2 N–H and O–H groups in total. The van der Waals surface area contributed by atoms with Crippen LogP contribution in [0, 0.1) is 17.1 Å². The fraction of sp³-hybridized carbons (Fsp3) is 0.0667. The van der Waals surface area contributed by atoms with Crippen LogP contribution in [0.3, 0.4) is 0 Å². The van der Waals surface area contributed by atoms with Crippen molar-refractivity contribution in [2.45, 2.75) is 6.61 Å². The van der Waals surface area contributed by atoms with Gasteiger partial charge in [0.05, 0.1) is 27.9 Å². The number of nitrogen functional groups attached to an aromatic ring is 1. The van der Waals surface area contributed by atoms with Crippen molar-refractivity contribution in [3.05, 3.63) is 63.9 Å². The third kappa shape index (κ3) is 3.30. The number of ether oxygens (including phenoxy) is 1. The minimum Gasteiger partial charge on any atom is -0.457 e. The second-order valence-corrected chi connectivity index (χ2v) is 4.58. The van der Waals surface area contributed by atoms with Crippen molar-refractivity contribution in [1.29, 1.82) is 5.26 Å². The van der Waals surface area contributed by atoms with Gasteiger partial charge >= 0.3 is 5.97 Å². The van der Waals surface area contributed by atoms with E-state index in [2.05, 4.69) is 0 Å². The van der Waals surface area contributed by atoms with E-state index in [0.29, 0.717) is 0 Å². The van der Waals surface area contributed by atoms with Gasteiger partial charge in [-0.15, -0.1) is 0 Å². The Morgan fingerprint density at radius 3 is 2.81 bits per heavy atom. The van der Waals surface area contributed by atoms with E-state index >= 15 is 0 Å². The van der Waals surface area contributed by atoms with Crippen LogP contribution in [0.1, 0.15) is 21.5 Å². The van der Waals surface area contributed by atoms with Crippen LogP contribution in [0.15, 0.2) is 36.4 Å². The summed E-state index contributed by atoms with van der Waals surface area (Å²) in [7, 11) is 0. The maximum absolute atomic E-state index is 13.6. The number of nitriles is 1. The van der Waals surface area contributed by atoms with Crippen LogP contribution < -0.4 is 5.73 Å². The van der Waals surface area contributed by atoms with Crippen LogP contribution in [-0.2, 0) is 11.3 Å². The Morgan fingerprint density at radius 2 is 2.14 bits per heavy atom. The van der Waals surface area contributed by atoms with Gasteiger partial charge < -0.3 is 10.5 Å². The highest BCUT2D eigenvalue weighted by Gasteiger charge is 2.14. The minimum absolute atomic E-state index is 0.0998. The molecule has 2 aromatic carbocycles. The summed E-state index contributed by atoms with van der Waals surface area (Å²) in [5.41, 5.74) is 6.33. The van der Waals surface area contributed by atoms with Crippen LogP contribution in [0.2, 0.25) is 5.02 Å². The largest absolute Gasteiger partial charge is 0.457 e. The van der Waals surface area contributed by atoms with Crippen molar-refractivity contribution in [3.8, 4) is 6.07 Å². The molecular weight excluding hydrogens is 295 g/mol. The zero-order chi connectivity index (χ0) is 15.4. The molecule has 0 spiro atoms. The Hall–Kier alpha value is -2.58. The molecule has 2 aromatic rings. The number of esters is 1. The highest BCUT2D eigenvalue weighted by molar-refractivity contribution is 6.36. The van der Waals surface area contributed by atoms with Crippen LogP contribution in [0.4, 0.5) is 10.1 Å². The lowest BCUT2D eigenvalue weighted by atomic mass is 10.1. The van der Waals surface area contributed by atoms with Crippen molar-refractivity contribution in [2.75, 3.05) is 5.73 Å². The number of nitrogens with two attached hydrogens (primary N) is 1. The summed E-state index contributed by atoms with van der Waals surface area (Å²) >= 11 is 5.90. The molecule has 0 saturated heterocycles. The Bertz CT molecular complexity index is 741.